The van der Waals surface area contributed by atoms with Crippen molar-refractivity contribution in [2.75, 3.05) is 58.7 Å². The summed E-state index contributed by atoms with van der Waals surface area (Å²) in [4.78, 5) is 32.3. The lowest BCUT2D eigenvalue weighted by atomic mass is 9.51. The van der Waals surface area contributed by atoms with E-state index in [-0.39, 0.29) is 42.5 Å². The average molecular weight is 813 g/mol. The number of carbonyl (C=O) groups is 2. The summed E-state index contributed by atoms with van der Waals surface area (Å²) < 4.78 is 29.2. The van der Waals surface area contributed by atoms with Crippen molar-refractivity contribution in [1.82, 2.24) is 9.80 Å². The number of hydrogen-bond donors (Lipinski definition) is 6. The van der Waals surface area contributed by atoms with Crippen LogP contribution in [-0.4, -0.2) is 127 Å². The molecule has 2 aromatic rings. The number of phenolic OH excluding ortho intramolecular Hbond substituents is 1. The minimum absolute atomic E-state index is 0.0888. The number of aromatic hydroxyl groups is 1. The van der Waals surface area contributed by atoms with Gasteiger partial charge in [-0.25, -0.2) is 9.59 Å². The van der Waals surface area contributed by atoms with E-state index < -0.39 is 58.0 Å². The predicted octanol–water partition coefficient (Wildman–Crippen LogP) is 2.95. The van der Waals surface area contributed by atoms with Crippen LogP contribution in [0.25, 0.3) is 0 Å². The molecule has 9 aliphatic rings. The molecule has 4 saturated heterocycles. The topological polar surface area (TPSA) is 192 Å². The number of anilines is 2. The Hall–Kier alpha value is -4.54. The summed E-state index contributed by atoms with van der Waals surface area (Å²) in [7, 11) is 5.74. The lowest BCUT2D eigenvalue weighted by Gasteiger charge is -2.60. The monoisotopic (exact) mass is 812 g/mol. The molecule has 2 aliphatic carbocycles. The number of fused-ring (bicyclic) bond motifs is 6. The van der Waals surface area contributed by atoms with Crippen molar-refractivity contribution in [3.63, 3.8) is 0 Å². The van der Waals surface area contributed by atoms with E-state index in [1.807, 2.05) is 13.0 Å². The van der Waals surface area contributed by atoms with E-state index in [2.05, 4.69) is 33.4 Å². The zero-order chi connectivity index (χ0) is 41.3. The first-order chi connectivity index (χ1) is 28.4. The number of piperidine rings is 2. The van der Waals surface area contributed by atoms with Gasteiger partial charge in [0.25, 0.3) is 0 Å². The lowest BCUT2D eigenvalue weighted by Crippen LogP contribution is -2.69. The third-order valence-corrected chi connectivity index (χ3v) is 16.7. The molecule has 11 unspecified atom stereocenters. The summed E-state index contributed by atoms with van der Waals surface area (Å²) in [5.74, 6) is 0.117. The Labute approximate surface area is 341 Å². The van der Waals surface area contributed by atoms with Crippen molar-refractivity contribution >= 4 is 23.3 Å². The number of ether oxygens (including phenoxy) is 5. The Bertz CT molecular complexity index is 2330. The number of phenols is 1. The molecular weight excluding hydrogens is 761 g/mol. The minimum atomic E-state index is -1.04. The number of nitrogens with one attached hydrogen (secondary N) is 2. The maximum atomic E-state index is 13.9. The van der Waals surface area contributed by atoms with Crippen LogP contribution in [0.5, 0.6) is 23.0 Å². The molecule has 59 heavy (non-hydrogen) atoms. The second kappa shape index (κ2) is 12.1. The van der Waals surface area contributed by atoms with Crippen LogP contribution in [0, 0.1) is 10.8 Å². The second-order valence-electron chi connectivity index (χ2n) is 18.3. The molecule has 7 aliphatic heterocycles. The molecule has 0 bridgehead atoms. The Balaban J connectivity index is 1.11. The van der Waals surface area contributed by atoms with Crippen LogP contribution >= 0.6 is 0 Å². The van der Waals surface area contributed by atoms with Crippen LogP contribution in [0.2, 0.25) is 0 Å². The van der Waals surface area contributed by atoms with E-state index in [1.54, 1.807) is 6.07 Å². The third kappa shape index (κ3) is 4.03. The normalized spacial score (nSPS) is 39.0. The Morgan fingerprint density at radius 3 is 2.08 bits per heavy atom. The summed E-state index contributed by atoms with van der Waals surface area (Å²) in [5, 5.41) is 54.8. The van der Waals surface area contributed by atoms with E-state index in [9.17, 15) is 30.0 Å². The Kier molecular flexibility index (Phi) is 7.66. The van der Waals surface area contributed by atoms with Crippen molar-refractivity contribution in [3.05, 3.63) is 57.4 Å². The highest BCUT2D eigenvalue weighted by Gasteiger charge is 2.75. The number of carbonyl (C=O) groups excluding carboxylic acids is 2. The molecule has 2 aromatic carbocycles. The van der Waals surface area contributed by atoms with Gasteiger partial charge < -0.3 is 54.7 Å². The first kappa shape index (κ1) is 37.5. The fourth-order valence-corrected chi connectivity index (χ4v) is 14.6. The van der Waals surface area contributed by atoms with Gasteiger partial charge in [-0.2, -0.15) is 0 Å². The zero-order valence-corrected chi connectivity index (χ0v) is 34.2. The number of aliphatic hydroxyl groups excluding tert-OH is 3. The van der Waals surface area contributed by atoms with Gasteiger partial charge in [-0.05, 0) is 68.3 Å². The molecule has 11 atom stereocenters. The smallest absolute Gasteiger partial charge is 0.335 e. The summed E-state index contributed by atoms with van der Waals surface area (Å²) in [6.07, 6.45) is -0.871. The number of rotatable bonds is 6. The fraction of sp³-hybridized carbons (Fsp3) is 0.591. The Morgan fingerprint density at radius 2 is 1.44 bits per heavy atom. The molecule has 11 rings (SSSR count). The van der Waals surface area contributed by atoms with Gasteiger partial charge in [0.2, 0.25) is 5.75 Å². The van der Waals surface area contributed by atoms with Crippen LogP contribution in [0.1, 0.15) is 75.1 Å². The summed E-state index contributed by atoms with van der Waals surface area (Å²) in [6, 6.07) is 5.02. The summed E-state index contributed by atoms with van der Waals surface area (Å²) in [5.41, 5.74) is 3.30. The van der Waals surface area contributed by atoms with Gasteiger partial charge in [0, 0.05) is 64.7 Å². The minimum Gasteiger partial charge on any atom is -0.504 e. The number of nitrogens with zero attached hydrogens (tertiary/aromatic N) is 2. The van der Waals surface area contributed by atoms with Crippen LogP contribution in [0.15, 0.2) is 40.7 Å². The molecular formula is C44H52N4O11. The molecule has 0 aromatic heterocycles. The first-order valence-corrected chi connectivity index (χ1v) is 20.9. The van der Waals surface area contributed by atoms with E-state index >= 15 is 0 Å². The largest absolute Gasteiger partial charge is 0.504 e. The average Bonchev–Trinajstić information content (AvgIpc) is 4.06. The van der Waals surface area contributed by atoms with Crippen LogP contribution in [0.3, 0.4) is 0 Å². The highest BCUT2D eigenvalue weighted by molar-refractivity contribution is 5.95. The van der Waals surface area contributed by atoms with Gasteiger partial charge in [0.15, 0.2) is 11.5 Å². The molecule has 314 valence electrons. The van der Waals surface area contributed by atoms with Gasteiger partial charge in [0.1, 0.15) is 18.0 Å². The highest BCUT2D eigenvalue weighted by Crippen LogP contribution is 2.72. The molecule has 15 heteroatoms. The maximum absolute atomic E-state index is 13.9. The van der Waals surface area contributed by atoms with Crippen molar-refractivity contribution in [3.8, 4) is 23.0 Å². The molecule has 2 spiro atoms. The van der Waals surface area contributed by atoms with Crippen LogP contribution < -0.4 is 24.8 Å². The fourth-order valence-electron chi connectivity index (χ4n) is 14.6. The summed E-state index contributed by atoms with van der Waals surface area (Å²) in [6.45, 7) is 5.68. The van der Waals surface area contributed by atoms with E-state index in [1.165, 1.54) is 28.4 Å². The van der Waals surface area contributed by atoms with E-state index in [4.69, 9.17) is 23.7 Å². The lowest BCUT2D eigenvalue weighted by molar-refractivity contribution is -0.168. The molecule has 0 radical (unpaired) electrons. The van der Waals surface area contributed by atoms with Gasteiger partial charge in [0.05, 0.1) is 74.4 Å². The number of esters is 2. The van der Waals surface area contributed by atoms with E-state index in [0.717, 1.165) is 28.1 Å². The Morgan fingerprint density at radius 1 is 0.814 bits per heavy atom. The molecule has 0 saturated carbocycles. The number of methoxy groups -OCH3 is 4. The standard InChI is InChI=1S/C44H52N4O11/c1-7-41-16-20(37(53)57-5)33-43(9-11-47(39(41)43)18-26(50)35(41)51)22-13-19-27(15-24(22)45-33)59-32-29(19)48-12-10-44-23-14-25(49)30(55-3)31(56-4)28(23)46-34(44)21(38(54)58-6)17-42(8-2,36(32)52)40(44)48/h13-15,26,29,32,35-36,39-40,45-46,49-52H,7-12,16-18H2,1-6H3. The molecule has 6 N–H and O–H groups in total. The van der Waals surface area contributed by atoms with Crippen LogP contribution in [0.4, 0.5) is 11.4 Å². The van der Waals surface area contributed by atoms with Gasteiger partial charge in [-0.3, -0.25) is 9.80 Å². The van der Waals surface area contributed by atoms with Crippen molar-refractivity contribution in [2.45, 2.75) is 106 Å². The van der Waals surface area contributed by atoms with Gasteiger partial charge in [-0.1, -0.05) is 13.8 Å². The quantitative estimate of drug-likeness (QED) is 0.184. The van der Waals surface area contributed by atoms with E-state index in [0.29, 0.717) is 79.3 Å². The highest BCUT2D eigenvalue weighted by atomic mass is 16.5. The molecule has 4 fully saturated rings. The number of benzene rings is 2. The summed E-state index contributed by atoms with van der Waals surface area (Å²) >= 11 is 0. The van der Waals surface area contributed by atoms with Gasteiger partial charge in [-0.15, -0.1) is 0 Å². The molecule has 7 heterocycles. The maximum Gasteiger partial charge on any atom is 0.335 e. The second-order valence-corrected chi connectivity index (χ2v) is 18.3. The van der Waals surface area contributed by atoms with Gasteiger partial charge >= 0.3 is 11.9 Å². The third-order valence-electron chi connectivity index (χ3n) is 16.7. The molecule has 0 amide bonds. The first-order valence-electron chi connectivity index (χ1n) is 20.9. The van der Waals surface area contributed by atoms with Crippen LogP contribution in [-0.2, 0) is 29.9 Å². The van der Waals surface area contributed by atoms with Crippen molar-refractivity contribution in [2.24, 2.45) is 10.8 Å². The number of aliphatic hydroxyl groups is 3. The zero-order valence-electron chi connectivity index (χ0n) is 34.2. The number of hydrogen-bond acceptors (Lipinski definition) is 15. The van der Waals surface area contributed by atoms with Crippen molar-refractivity contribution in [1.29, 1.82) is 0 Å². The molecule has 15 nitrogen and oxygen atoms in total. The SMILES string of the molecule is CCC12CC(C(=O)OC)=C3Nc4cc5c(cc4C34CCN(CC(O)C1O)C42)C1C(O5)C(O)C2(CC)CC(C(=O)OC)=C3Nc4c(cc(O)c(OC)c4OC)C34CCN1C42. The van der Waals surface area contributed by atoms with Crippen molar-refractivity contribution < 1.29 is 53.7 Å². The predicted molar refractivity (Wildman–Crippen MR) is 211 cm³/mol.